The average molecular weight is 493 g/mol. The van der Waals surface area contributed by atoms with Gasteiger partial charge < -0.3 is 24.3 Å². The number of benzene rings is 2. The molecular formula is C23H29BrN2O5. The van der Waals surface area contributed by atoms with Crippen LogP contribution >= 0.6 is 15.9 Å². The van der Waals surface area contributed by atoms with Crippen molar-refractivity contribution >= 4 is 21.8 Å². The van der Waals surface area contributed by atoms with Crippen LogP contribution in [-0.2, 0) is 9.53 Å². The summed E-state index contributed by atoms with van der Waals surface area (Å²) in [5.74, 6) is 1.82. The lowest BCUT2D eigenvalue weighted by molar-refractivity contribution is -0.127. The topological polar surface area (TPSA) is 69.3 Å². The van der Waals surface area contributed by atoms with Crippen LogP contribution in [0, 0.1) is 0 Å². The molecule has 2 aromatic carbocycles. The highest BCUT2D eigenvalue weighted by molar-refractivity contribution is 9.10. The predicted molar refractivity (Wildman–Crippen MR) is 122 cm³/mol. The lowest BCUT2D eigenvalue weighted by atomic mass is 10.0. The molecule has 0 radical (unpaired) electrons. The molecule has 0 saturated carbocycles. The molecule has 2 unspecified atom stereocenters. The van der Waals surface area contributed by atoms with Crippen molar-refractivity contribution < 1.29 is 23.7 Å². The van der Waals surface area contributed by atoms with Gasteiger partial charge in [0.05, 0.1) is 33.5 Å². The van der Waals surface area contributed by atoms with Crippen molar-refractivity contribution in [2.24, 2.45) is 0 Å². The fraction of sp³-hybridized carbons (Fsp3) is 0.435. The summed E-state index contributed by atoms with van der Waals surface area (Å²) in [5, 5.41) is 3.05. The minimum absolute atomic E-state index is 0.0208. The average Bonchev–Trinajstić information content (AvgIpc) is 2.81. The molecule has 7 nitrogen and oxygen atoms in total. The van der Waals surface area contributed by atoms with Crippen LogP contribution in [0.1, 0.15) is 18.5 Å². The molecule has 1 aliphatic rings. The summed E-state index contributed by atoms with van der Waals surface area (Å²) in [6.45, 7) is 5.11. The van der Waals surface area contributed by atoms with Crippen molar-refractivity contribution in [1.29, 1.82) is 0 Å². The Balaban J connectivity index is 1.69. The van der Waals surface area contributed by atoms with E-state index >= 15 is 0 Å². The molecule has 31 heavy (non-hydrogen) atoms. The standard InChI is InChI=1S/C23H29BrN2O5/c1-16(31-19-7-5-18(24)6-8-19)23(27)25-15-20(26-10-12-30-13-11-26)17-4-9-21(28-2)22(14-17)29-3/h4-9,14,16,20H,10-13,15H2,1-3H3,(H,25,27). The number of hydrogen-bond acceptors (Lipinski definition) is 6. The van der Waals surface area contributed by atoms with Crippen LogP contribution in [0.2, 0.25) is 0 Å². The first-order chi connectivity index (χ1) is 15.0. The van der Waals surface area contributed by atoms with E-state index in [-0.39, 0.29) is 11.9 Å². The van der Waals surface area contributed by atoms with Gasteiger partial charge in [-0.15, -0.1) is 0 Å². The number of hydrogen-bond donors (Lipinski definition) is 1. The molecule has 8 heteroatoms. The SMILES string of the molecule is COc1ccc(C(CNC(=O)C(C)Oc2ccc(Br)cc2)N2CCOCC2)cc1OC. The Morgan fingerprint density at radius 1 is 1.10 bits per heavy atom. The second-order valence-corrected chi connectivity index (χ2v) is 8.15. The van der Waals surface area contributed by atoms with Crippen LogP contribution in [-0.4, -0.2) is 64.0 Å². The lowest BCUT2D eigenvalue weighted by Crippen LogP contribution is -2.45. The number of morpholine rings is 1. The fourth-order valence-electron chi connectivity index (χ4n) is 3.52. The normalized spacial score (nSPS) is 16.3. The predicted octanol–water partition coefficient (Wildman–Crippen LogP) is 3.42. The van der Waals surface area contributed by atoms with E-state index in [1.54, 1.807) is 21.1 Å². The molecule has 3 rings (SSSR count). The summed E-state index contributed by atoms with van der Waals surface area (Å²) < 4.78 is 23.1. The number of rotatable bonds is 9. The molecule has 0 aromatic heterocycles. The van der Waals surface area contributed by atoms with Crippen molar-refractivity contribution in [1.82, 2.24) is 10.2 Å². The zero-order chi connectivity index (χ0) is 22.2. The maximum Gasteiger partial charge on any atom is 0.260 e. The summed E-state index contributed by atoms with van der Waals surface area (Å²) in [6.07, 6.45) is -0.614. The number of ether oxygens (including phenoxy) is 4. The summed E-state index contributed by atoms with van der Waals surface area (Å²) in [4.78, 5) is 15.0. The highest BCUT2D eigenvalue weighted by Gasteiger charge is 2.25. The Labute approximate surface area is 191 Å². The Bertz CT molecular complexity index is 856. The first-order valence-electron chi connectivity index (χ1n) is 10.3. The van der Waals surface area contributed by atoms with Crippen LogP contribution in [0.4, 0.5) is 0 Å². The Hall–Kier alpha value is -2.29. The highest BCUT2D eigenvalue weighted by atomic mass is 79.9. The van der Waals surface area contributed by atoms with Crippen LogP contribution < -0.4 is 19.5 Å². The van der Waals surface area contributed by atoms with Crippen molar-refractivity contribution in [3.05, 3.63) is 52.5 Å². The summed E-state index contributed by atoms with van der Waals surface area (Å²) in [5.41, 5.74) is 1.04. The van der Waals surface area contributed by atoms with Crippen molar-refractivity contribution in [3.8, 4) is 17.2 Å². The molecule has 0 aliphatic carbocycles. The second-order valence-electron chi connectivity index (χ2n) is 7.24. The maximum atomic E-state index is 12.7. The molecule has 2 atom stereocenters. The van der Waals surface area contributed by atoms with Gasteiger partial charge in [-0.05, 0) is 48.9 Å². The third-order valence-electron chi connectivity index (χ3n) is 5.24. The summed E-state index contributed by atoms with van der Waals surface area (Å²) in [7, 11) is 3.23. The van der Waals surface area contributed by atoms with Gasteiger partial charge in [0, 0.05) is 24.1 Å². The van der Waals surface area contributed by atoms with E-state index in [4.69, 9.17) is 18.9 Å². The molecule has 1 saturated heterocycles. The van der Waals surface area contributed by atoms with Crippen molar-refractivity contribution in [2.75, 3.05) is 47.1 Å². The third kappa shape index (κ3) is 6.35. The van der Waals surface area contributed by atoms with E-state index in [1.165, 1.54) is 0 Å². The van der Waals surface area contributed by atoms with Crippen molar-refractivity contribution in [3.63, 3.8) is 0 Å². The molecule has 1 aliphatic heterocycles. The number of nitrogens with zero attached hydrogens (tertiary/aromatic N) is 1. The Morgan fingerprint density at radius 3 is 2.42 bits per heavy atom. The number of halogens is 1. The van der Waals surface area contributed by atoms with Gasteiger partial charge in [0.25, 0.3) is 5.91 Å². The number of amides is 1. The zero-order valence-electron chi connectivity index (χ0n) is 18.1. The molecule has 1 amide bonds. The third-order valence-corrected chi connectivity index (χ3v) is 5.77. The first kappa shape index (κ1) is 23.4. The zero-order valence-corrected chi connectivity index (χ0v) is 19.7. The van der Waals surface area contributed by atoms with Gasteiger partial charge in [-0.25, -0.2) is 0 Å². The lowest BCUT2D eigenvalue weighted by Gasteiger charge is -2.35. The number of methoxy groups -OCH3 is 2. The van der Waals surface area contributed by atoms with Crippen molar-refractivity contribution in [2.45, 2.75) is 19.1 Å². The van der Waals surface area contributed by atoms with E-state index in [2.05, 4.69) is 26.1 Å². The molecule has 2 aromatic rings. The maximum absolute atomic E-state index is 12.7. The quantitative estimate of drug-likeness (QED) is 0.578. The van der Waals surface area contributed by atoms with E-state index in [0.29, 0.717) is 37.0 Å². The first-order valence-corrected chi connectivity index (χ1v) is 11.0. The highest BCUT2D eigenvalue weighted by Crippen LogP contribution is 2.32. The van der Waals surface area contributed by atoms with Gasteiger partial charge in [0.2, 0.25) is 0 Å². The molecule has 0 spiro atoms. The number of carbonyl (C=O) groups is 1. The molecule has 1 heterocycles. The minimum atomic E-state index is -0.614. The van der Waals surface area contributed by atoms with Gasteiger partial charge in [0.15, 0.2) is 17.6 Å². The fourth-order valence-corrected chi connectivity index (χ4v) is 3.78. The van der Waals surface area contributed by atoms with Crippen LogP contribution in [0.15, 0.2) is 46.9 Å². The number of nitrogens with one attached hydrogen (secondary N) is 1. The van der Waals surface area contributed by atoms with Gasteiger partial charge in [-0.3, -0.25) is 9.69 Å². The van der Waals surface area contributed by atoms with Crippen LogP contribution in [0.3, 0.4) is 0 Å². The molecule has 0 bridgehead atoms. The second kappa shape index (κ2) is 11.4. The molecular weight excluding hydrogens is 464 g/mol. The van der Waals surface area contributed by atoms with Crippen LogP contribution in [0.25, 0.3) is 0 Å². The van der Waals surface area contributed by atoms with Crippen LogP contribution in [0.5, 0.6) is 17.2 Å². The van der Waals surface area contributed by atoms with E-state index in [9.17, 15) is 4.79 Å². The number of carbonyl (C=O) groups excluding carboxylic acids is 1. The minimum Gasteiger partial charge on any atom is -0.493 e. The van der Waals surface area contributed by atoms with E-state index in [1.807, 2.05) is 42.5 Å². The Morgan fingerprint density at radius 2 is 1.77 bits per heavy atom. The summed E-state index contributed by atoms with van der Waals surface area (Å²) >= 11 is 3.40. The molecule has 1 N–H and O–H groups in total. The molecule has 1 fully saturated rings. The van der Waals surface area contributed by atoms with Gasteiger partial charge in [0.1, 0.15) is 5.75 Å². The van der Waals surface area contributed by atoms with E-state index in [0.717, 1.165) is 23.1 Å². The monoisotopic (exact) mass is 492 g/mol. The summed E-state index contributed by atoms with van der Waals surface area (Å²) in [6, 6.07) is 13.3. The van der Waals surface area contributed by atoms with Gasteiger partial charge in [-0.1, -0.05) is 22.0 Å². The molecule has 168 valence electrons. The van der Waals surface area contributed by atoms with Gasteiger partial charge in [-0.2, -0.15) is 0 Å². The smallest absolute Gasteiger partial charge is 0.260 e. The van der Waals surface area contributed by atoms with E-state index < -0.39 is 6.10 Å². The van der Waals surface area contributed by atoms with Gasteiger partial charge >= 0.3 is 0 Å². The Kier molecular flexibility index (Phi) is 8.57. The largest absolute Gasteiger partial charge is 0.493 e.